The summed E-state index contributed by atoms with van der Waals surface area (Å²) < 4.78 is 19.2. The van der Waals surface area contributed by atoms with Gasteiger partial charge in [0.1, 0.15) is 17.2 Å². The highest BCUT2D eigenvalue weighted by Crippen LogP contribution is 2.61. The molecule has 0 N–H and O–H groups in total. The van der Waals surface area contributed by atoms with Crippen LogP contribution in [0.4, 0.5) is 68.2 Å². The van der Waals surface area contributed by atoms with Crippen LogP contribution in [0.25, 0.3) is 49.7 Å². The van der Waals surface area contributed by atoms with Crippen LogP contribution in [-0.4, -0.2) is 18.0 Å². The fourth-order valence-electron chi connectivity index (χ4n) is 19.6. The highest BCUT2D eigenvalue weighted by Gasteiger charge is 2.55. The number of ether oxygens (including phenoxy) is 2. The molecular formula is C97H69B2N5O2. The number of nitrogens with zero attached hydrogens (tertiary/aromatic N) is 5. The fraction of sp³-hybridized carbons (Fsp3) is 0.0722. The minimum absolute atomic E-state index is 0.302. The van der Waals surface area contributed by atoms with Gasteiger partial charge in [-0.2, -0.15) is 0 Å². The summed E-state index contributed by atoms with van der Waals surface area (Å²) in [6.07, 6.45) is 0. The molecule has 0 radical (unpaired) electrons. The third-order valence-corrected chi connectivity index (χ3v) is 23.9. The predicted octanol–water partition coefficient (Wildman–Crippen LogP) is 21.5. The van der Waals surface area contributed by atoms with Crippen molar-refractivity contribution in [2.75, 3.05) is 19.6 Å². The van der Waals surface area contributed by atoms with Crippen molar-refractivity contribution in [1.29, 1.82) is 0 Å². The van der Waals surface area contributed by atoms with Crippen LogP contribution in [0.5, 0.6) is 23.0 Å². The zero-order valence-corrected chi connectivity index (χ0v) is 59.4. The number of aromatic nitrogens is 1. The molecule has 0 amide bonds. The summed E-state index contributed by atoms with van der Waals surface area (Å²) in [5, 5.41) is 2.31. The first-order valence-corrected chi connectivity index (χ1v) is 37.1. The Kier molecular flexibility index (Phi) is 12.9. The molecule has 4 aliphatic heterocycles. The van der Waals surface area contributed by atoms with E-state index in [1.807, 2.05) is 0 Å². The molecule has 0 saturated heterocycles. The maximum atomic E-state index is 8.34. The number of anilines is 12. The van der Waals surface area contributed by atoms with Crippen LogP contribution in [0.2, 0.25) is 0 Å². The normalized spacial score (nSPS) is 14.3. The highest BCUT2D eigenvalue weighted by atomic mass is 16.5. The molecule has 5 heterocycles. The second kappa shape index (κ2) is 22.5. The molecule has 16 aromatic rings. The maximum Gasteiger partial charge on any atom is 0.256 e. The van der Waals surface area contributed by atoms with E-state index >= 15 is 0 Å². The maximum absolute atomic E-state index is 8.34. The monoisotopic (exact) mass is 1360 g/mol. The standard InChI is InChI=1S/C97H69B2N5O2/c1-60-87-94(105-83-58-73-69-54-52-67(100(61-32-12-6-13-33-61)62-34-14-7-15-35-62)56-75(69)96(2,3)85(73)91-89(83)98(87)77-46-26-30-50-81(77)102(91)65-40-20-10-21-41-65)93(104-79-48-28-24-44-71(79)72-45-25-29-49-80(72)104)95-88(60)99-78-47-27-31-51-82(78)103(66-42-22-11-23-43-66)92-86-74(59-84(106-95)90(92)99)70-55-53-68(57-76(70)97(86,4)5)101(63-36-16-8-17-37-63)64-38-18-9-19-39-64/h6-59H,1-5H3. The van der Waals surface area contributed by atoms with E-state index in [-0.39, 0.29) is 13.4 Å². The smallest absolute Gasteiger partial charge is 0.256 e. The van der Waals surface area contributed by atoms with Crippen LogP contribution in [0.1, 0.15) is 55.5 Å². The molecule has 9 heteroatoms. The molecule has 0 spiro atoms. The summed E-state index contributed by atoms with van der Waals surface area (Å²) in [4.78, 5) is 9.92. The van der Waals surface area contributed by atoms with Gasteiger partial charge in [0, 0.05) is 89.9 Å². The Bertz CT molecular complexity index is 5920. The molecule has 0 saturated carbocycles. The molecule has 0 fully saturated rings. The lowest BCUT2D eigenvalue weighted by molar-refractivity contribution is 0.461. The molecule has 0 unspecified atom stereocenters. The van der Waals surface area contributed by atoms with Gasteiger partial charge in [0.05, 0.1) is 11.0 Å². The van der Waals surface area contributed by atoms with Crippen molar-refractivity contribution in [3.05, 3.63) is 355 Å². The van der Waals surface area contributed by atoms with Crippen molar-refractivity contribution in [3.8, 4) is 50.9 Å². The average Bonchev–Trinajstić information content (AvgIpc) is 1.32. The second-order valence-corrected chi connectivity index (χ2v) is 30.2. The summed E-state index contributed by atoms with van der Waals surface area (Å²) in [5.41, 5.74) is 33.4. The minimum atomic E-state index is -0.504. The molecule has 22 rings (SSSR count). The minimum Gasteiger partial charge on any atom is -0.456 e. The Balaban J connectivity index is 0.836. The van der Waals surface area contributed by atoms with Crippen LogP contribution in [0, 0.1) is 6.92 Å². The summed E-state index contributed by atoms with van der Waals surface area (Å²) in [7, 11) is 0. The molecule has 6 aliphatic rings. The number of para-hydroxylation sites is 10. The SMILES string of the molecule is Cc1c2c(c(-n3c4ccccc4c4ccccc43)c3c1B1c4ccccc4N(c4ccccc4)c4c1c(cc1c4C(C)(C)c4cc(N(c5ccccc5)c5ccccc5)ccc4-1)O3)Oc1cc3c(c4c1B2c1ccccc1N4c1ccccc1)C(C)(C)c1cc(N(c2ccccc2)c2ccccc2)ccc1-3. The Morgan fingerprint density at radius 2 is 0.651 bits per heavy atom. The number of benzene rings is 15. The van der Waals surface area contributed by atoms with E-state index in [1.165, 1.54) is 55.4 Å². The topological polar surface area (TPSA) is 36.4 Å². The van der Waals surface area contributed by atoms with Gasteiger partial charge in [-0.15, -0.1) is 0 Å². The average molecular weight is 1360 g/mol. The number of rotatable bonds is 9. The lowest BCUT2D eigenvalue weighted by atomic mass is 9.29. The van der Waals surface area contributed by atoms with E-state index < -0.39 is 10.8 Å². The van der Waals surface area contributed by atoms with Crippen molar-refractivity contribution < 1.29 is 9.47 Å². The zero-order valence-electron chi connectivity index (χ0n) is 59.4. The van der Waals surface area contributed by atoms with Crippen molar-refractivity contribution in [2.24, 2.45) is 0 Å². The first-order valence-electron chi connectivity index (χ1n) is 37.1. The van der Waals surface area contributed by atoms with Crippen LogP contribution in [0.3, 0.4) is 0 Å². The molecule has 15 aromatic carbocycles. The lowest BCUT2D eigenvalue weighted by Gasteiger charge is -2.46. The molecule has 0 bridgehead atoms. The summed E-state index contributed by atoms with van der Waals surface area (Å²) in [6, 6.07) is 121. The van der Waals surface area contributed by atoms with Crippen molar-refractivity contribution in [3.63, 3.8) is 0 Å². The Morgan fingerprint density at radius 1 is 0.311 bits per heavy atom. The van der Waals surface area contributed by atoms with Gasteiger partial charge < -0.3 is 33.6 Å². The van der Waals surface area contributed by atoms with Crippen molar-refractivity contribution >= 4 is 136 Å². The van der Waals surface area contributed by atoms with E-state index in [0.717, 1.165) is 146 Å². The second-order valence-electron chi connectivity index (χ2n) is 30.2. The molecule has 0 atom stereocenters. The van der Waals surface area contributed by atoms with E-state index in [1.54, 1.807) is 0 Å². The first-order chi connectivity index (χ1) is 52.1. The quantitative estimate of drug-likeness (QED) is 0.134. The molecule has 106 heavy (non-hydrogen) atoms. The van der Waals surface area contributed by atoms with Gasteiger partial charge in [-0.3, -0.25) is 0 Å². The van der Waals surface area contributed by atoms with E-state index in [0.29, 0.717) is 0 Å². The van der Waals surface area contributed by atoms with E-state index in [9.17, 15) is 0 Å². The van der Waals surface area contributed by atoms with Crippen LogP contribution in [0.15, 0.2) is 328 Å². The number of hydrogen-bond donors (Lipinski definition) is 0. The summed E-state index contributed by atoms with van der Waals surface area (Å²) in [6.45, 7) is 11.6. The molecule has 500 valence electrons. The van der Waals surface area contributed by atoms with Crippen LogP contribution in [-0.2, 0) is 10.8 Å². The summed E-state index contributed by atoms with van der Waals surface area (Å²) in [5.74, 6) is 3.26. The van der Waals surface area contributed by atoms with E-state index in [4.69, 9.17) is 9.47 Å². The lowest BCUT2D eigenvalue weighted by Crippen LogP contribution is -2.65. The predicted molar refractivity (Wildman–Crippen MR) is 442 cm³/mol. The van der Waals surface area contributed by atoms with Gasteiger partial charge in [0.2, 0.25) is 0 Å². The van der Waals surface area contributed by atoms with Gasteiger partial charge in [0.25, 0.3) is 13.4 Å². The van der Waals surface area contributed by atoms with Gasteiger partial charge >= 0.3 is 0 Å². The Morgan fingerprint density at radius 3 is 1.04 bits per heavy atom. The Hall–Kier alpha value is -13.0. The molecule has 7 nitrogen and oxygen atoms in total. The van der Waals surface area contributed by atoms with Gasteiger partial charge in [0.15, 0.2) is 11.5 Å². The highest BCUT2D eigenvalue weighted by molar-refractivity contribution is 7.02. The summed E-state index contributed by atoms with van der Waals surface area (Å²) >= 11 is 0. The zero-order chi connectivity index (χ0) is 70.4. The van der Waals surface area contributed by atoms with Crippen LogP contribution < -0.4 is 61.9 Å². The van der Waals surface area contributed by atoms with E-state index in [2.05, 4.69) is 386 Å². The Labute approximate surface area is 617 Å². The number of hydrogen-bond acceptors (Lipinski definition) is 6. The molecular weight excluding hydrogens is 1290 g/mol. The first kappa shape index (κ1) is 60.6. The van der Waals surface area contributed by atoms with Crippen molar-refractivity contribution in [2.45, 2.75) is 45.4 Å². The van der Waals surface area contributed by atoms with Crippen molar-refractivity contribution in [1.82, 2.24) is 4.57 Å². The molecule has 1 aromatic heterocycles. The third kappa shape index (κ3) is 8.36. The third-order valence-electron chi connectivity index (χ3n) is 23.9. The van der Waals surface area contributed by atoms with Crippen LogP contribution >= 0.6 is 0 Å². The van der Waals surface area contributed by atoms with Gasteiger partial charge in [-0.1, -0.05) is 227 Å². The number of fused-ring (bicyclic) bond motifs is 19. The fourth-order valence-corrected chi connectivity index (χ4v) is 19.6. The largest absolute Gasteiger partial charge is 0.456 e. The van der Waals surface area contributed by atoms with Gasteiger partial charge in [-0.05, 0) is 218 Å². The van der Waals surface area contributed by atoms with Gasteiger partial charge in [-0.25, -0.2) is 0 Å². The molecule has 2 aliphatic carbocycles.